The van der Waals surface area contributed by atoms with Crippen LogP contribution in [0.5, 0.6) is 0 Å². The maximum Gasteiger partial charge on any atom is 0.0596 e. The van der Waals surface area contributed by atoms with Crippen molar-refractivity contribution in [3.8, 4) is 0 Å². The van der Waals surface area contributed by atoms with Gasteiger partial charge < -0.3 is 5.32 Å². The molecule has 0 bridgehead atoms. The minimum atomic E-state index is 0.273. The minimum absolute atomic E-state index is 0.273. The van der Waals surface area contributed by atoms with E-state index in [0.717, 1.165) is 6.54 Å². The number of halogens is 2. The Balaban J connectivity index is 2.39. The highest BCUT2D eigenvalue weighted by molar-refractivity contribution is 14.1. The fourth-order valence-corrected chi connectivity index (χ4v) is 3.91. The van der Waals surface area contributed by atoms with E-state index in [2.05, 4.69) is 85.8 Å². The van der Waals surface area contributed by atoms with Crippen LogP contribution in [-0.2, 0) is 0 Å². The predicted octanol–water partition coefficient (Wildman–Crippen LogP) is 4.81. The number of nitrogens with one attached hydrogen (secondary N) is 1. The first-order chi connectivity index (χ1) is 8.22. The molecule has 0 saturated carbocycles. The first-order valence-corrected chi connectivity index (χ1v) is 8.24. The van der Waals surface area contributed by atoms with Gasteiger partial charge in [0.05, 0.1) is 6.04 Å². The van der Waals surface area contributed by atoms with Gasteiger partial charge in [-0.3, -0.25) is 0 Å². The maximum atomic E-state index is 3.62. The van der Waals surface area contributed by atoms with E-state index in [1.54, 1.807) is 11.3 Å². The monoisotopic (exact) mass is 421 g/mol. The lowest BCUT2D eigenvalue weighted by Gasteiger charge is -2.18. The van der Waals surface area contributed by atoms with Crippen LogP contribution in [0.15, 0.2) is 39.5 Å². The summed E-state index contributed by atoms with van der Waals surface area (Å²) in [4.78, 5) is 0. The maximum absolute atomic E-state index is 3.62. The Bertz CT molecular complexity index is 498. The van der Waals surface area contributed by atoms with E-state index < -0.39 is 0 Å². The topological polar surface area (TPSA) is 12.0 Å². The van der Waals surface area contributed by atoms with E-state index in [-0.39, 0.29) is 6.04 Å². The molecule has 1 unspecified atom stereocenters. The van der Waals surface area contributed by atoms with Crippen molar-refractivity contribution < 1.29 is 0 Å². The Morgan fingerprint density at radius 2 is 2.24 bits per heavy atom. The molecule has 0 aliphatic carbocycles. The summed E-state index contributed by atoms with van der Waals surface area (Å²) in [6.45, 7) is 3.10. The van der Waals surface area contributed by atoms with Gasteiger partial charge in [0.2, 0.25) is 0 Å². The fourth-order valence-electron chi connectivity index (χ4n) is 1.79. The third-order valence-corrected chi connectivity index (χ3v) is 4.97. The van der Waals surface area contributed by atoms with Gasteiger partial charge in [0.15, 0.2) is 0 Å². The summed E-state index contributed by atoms with van der Waals surface area (Å²) in [5.41, 5.74) is 2.64. The van der Waals surface area contributed by atoms with Crippen LogP contribution in [-0.4, -0.2) is 6.54 Å². The van der Waals surface area contributed by atoms with Gasteiger partial charge in [-0.1, -0.05) is 19.1 Å². The number of thiophene rings is 1. The summed E-state index contributed by atoms with van der Waals surface area (Å²) in [7, 11) is 0. The summed E-state index contributed by atoms with van der Waals surface area (Å²) in [5, 5.41) is 7.88. The third-order valence-electron chi connectivity index (χ3n) is 2.54. The summed E-state index contributed by atoms with van der Waals surface area (Å²) in [6.07, 6.45) is 0. The zero-order valence-electron chi connectivity index (χ0n) is 9.41. The van der Waals surface area contributed by atoms with Crippen molar-refractivity contribution in [2.75, 3.05) is 6.54 Å². The smallest absolute Gasteiger partial charge is 0.0596 e. The van der Waals surface area contributed by atoms with Gasteiger partial charge in [-0.15, -0.1) is 0 Å². The summed E-state index contributed by atoms with van der Waals surface area (Å²) in [6, 6.07) is 8.92. The SMILES string of the molecule is CCNC(c1cccc(I)c1)c1cscc1Br. The Labute approximate surface area is 128 Å². The first-order valence-electron chi connectivity index (χ1n) is 5.42. The molecule has 0 aliphatic heterocycles. The molecular formula is C13H13BrINS. The molecular weight excluding hydrogens is 409 g/mol. The second kappa shape index (κ2) is 6.31. The molecule has 0 radical (unpaired) electrons. The molecule has 2 aromatic rings. The van der Waals surface area contributed by atoms with Crippen LogP contribution in [0.2, 0.25) is 0 Å². The molecule has 0 spiro atoms. The first kappa shape index (κ1) is 13.5. The predicted molar refractivity (Wildman–Crippen MR) is 86.7 cm³/mol. The molecule has 1 atom stereocenters. The van der Waals surface area contributed by atoms with Crippen LogP contribution in [0, 0.1) is 3.57 Å². The van der Waals surface area contributed by atoms with Crippen LogP contribution >= 0.6 is 49.9 Å². The highest BCUT2D eigenvalue weighted by Crippen LogP contribution is 2.31. The molecule has 4 heteroatoms. The number of benzene rings is 1. The highest BCUT2D eigenvalue weighted by atomic mass is 127. The Hall–Kier alpha value is 0.0900. The second-order valence-electron chi connectivity index (χ2n) is 3.72. The average Bonchev–Trinajstić information content (AvgIpc) is 2.72. The van der Waals surface area contributed by atoms with Crippen LogP contribution in [0.4, 0.5) is 0 Å². The van der Waals surface area contributed by atoms with Crippen molar-refractivity contribution in [3.05, 3.63) is 54.2 Å². The lowest BCUT2D eigenvalue weighted by Crippen LogP contribution is -2.21. The lowest BCUT2D eigenvalue weighted by atomic mass is 10.0. The number of hydrogen-bond acceptors (Lipinski definition) is 2. The van der Waals surface area contributed by atoms with Gasteiger partial charge in [-0.25, -0.2) is 0 Å². The number of rotatable bonds is 4. The second-order valence-corrected chi connectivity index (χ2v) is 6.56. The van der Waals surface area contributed by atoms with E-state index >= 15 is 0 Å². The Morgan fingerprint density at radius 3 is 2.82 bits per heavy atom. The quantitative estimate of drug-likeness (QED) is 0.698. The van der Waals surface area contributed by atoms with E-state index in [9.17, 15) is 0 Å². The molecule has 17 heavy (non-hydrogen) atoms. The minimum Gasteiger partial charge on any atom is -0.306 e. The van der Waals surface area contributed by atoms with Crippen LogP contribution in [0.1, 0.15) is 24.1 Å². The van der Waals surface area contributed by atoms with Crippen molar-refractivity contribution in [2.45, 2.75) is 13.0 Å². The van der Waals surface area contributed by atoms with Crippen LogP contribution in [0.3, 0.4) is 0 Å². The van der Waals surface area contributed by atoms with Gasteiger partial charge in [0, 0.05) is 13.4 Å². The molecule has 90 valence electrons. The summed E-state index contributed by atoms with van der Waals surface area (Å²) in [5.74, 6) is 0. The molecule has 0 fully saturated rings. The standard InChI is InChI=1S/C13H13BrINS/c1-2-16-13(11-7-17-8-12(11)14)9-4-3-5-10(15)6-9/h3-8,13,16H,2H2,1H3. The van der Waals surface area contributed by atoms with E-state index in [4.69, 9.17) is 0 Å². The molecule has 1 nitrogen and oxygen atoms in total. The van der Waals surface area contributed by atoms with Gasteiger partial charge in [-0.05, 0) is 73.7 Å². The Morgan fingerprint density at radius 1 is 1.41 bits per heavy atom. The van der Waals surface area contributed by atoms with Crippen molar-refractivity contribution in [1.82, 2.24) is 5.32 Å². The zero-order chi connectivity index (χ0) is 12.3. The van der Waals surface area contributed by atoms with Crippen molar-refractivity contribution in [3.63, 3.8) is 0 Å². The molecule has 0 aliphatic rings. The molecule has 1 N–H and O–H groups in total. The fraction of sp³-hybridized carbons (Fsp3) is 0.231. The average molecular weight is 422 g/mol. The Kier molecular flexibility index (Phi) is 5.02. The number of hydrogen-bond donors (Lipinski definition) is 1. The van der Waals surface area contributed by atoms with Gasteiger partial charge >= 0.3 is 0 Å². The molecule has 0 amide bonds. The van der Waals surface area contributed by atoms with Crippen molar-refractivity contribution in [1.29, 1.82) is 0 Å². The summed E-state index contributed by atoms with van der Waals surface area (Å²) < 4.78 is 2.46. The van der Waals surface area contributed by atoms with Crippen LogP contribution in [0.25, 0.3) is 0 Å². The van der Waals surface area contributed by atoms with Gasteiger partial charge in [-0.2, -0.15) is 11.3 Å². The van der Waals surface area contributed by atoms with E-state index in [1.807, 2.05) is 0 Å². The highest BCUT2D eigenvalue weighted by Gasteiger charge is 2.16. The molecule has 2 rings (SSSR count). The van der Waals surface area contributed by atoms with E-state index in [1.165, 1.54) is 19.2 Å². The molecule has 1 heterocycles. The largest absolute Gasteiger partial charge is 0.306 e. The zero-order valence-corrected chi connectivity index (χ0v) is 14.0. The van der Waals surface area contributed by atoms with Crippen molar-refractivity contribution in [2.24, 2.45) is 0 Å². The third kappa shape index (κ3) is 3.30. The van der Waals surface area contributed by atoms with E-state index in [0.29, 0.717) is 0 Å². The van der Waals surface area contributed by atoms with Crippen LogP contribution < -0.4 is 5.32 Å². The molecule has 0 saturated heterocycles. The van der Waals surface area contributed by atoms with Crippen molar-refractivity contribution >= 4 is 49.9 Å². The van der Waals surface area contributed by atoms with Gasteiger partial charge in [0.25, 0.3) is 0 Å². The molecule has 1 aromatic heterocycles. The molecule has 1 aromatic carbocycles. The lowest BCUT2D eigenvalue weighted by molar-refractivity contribution is 0.630. The summed E-state index contributed by atoms with van der Waals surface area (Å²) >= 11 is 7.71. The van der Waals surface area contributed by atoms with Gasteiger partial charge in [0.1, 0.15) is 0 Å². The normalized spacial score (nSPS) is 12.6.